The first-order chi connectivity index (χ1) is 20.3. The number of carbonyl (C=O) groups excluding carboxylic acids is 3. The Kier molecular flexibility index (Phi) is 10.2. The Balaban J connectivity index is 1.22. The third-order valence-corrected chi connectivity index (χ3v) is 10.1. The molecule has 0 spiro atoms. The summed E-state index contributed by atoms with van der Waals surface area (Å²) in [5.41, 5.74) is 2.30. The van der Waals surface area contributed by atoms with E-state index in [0.717, 1.165) is 55.7 Å². The van der Waals surface area contributed by atoms with Gasteiger partial charge in [0.1, 0.15) is 18.7 Å². The molecule has 0 bridgehead atoms. The van der Waals surface area contributed by atoms with Gasteiger partial charge in [0, 0.05) is 62.9 Å². The number of Topliss-reactive ketones (excluding diaryl/α,β-unsaturated/α-hetero) is 1. The summed E-state index contributed by atoms with van der Waals surface area (Å²) in [5.74, 6) is -0.408. The molecule has 0 aliphatic carbocycles. The molecule has 3 aliphatic rings. The highest BCUT2D eigenvalue weighted by molar-refractivity contribution is 7.99. The van der Waals surface area contributed by atoms with Crippen molar-refractivity contribution in [1.82, 2.24) is 20.1 Å². The van der Waals surface area contributed by atoms with Gasteiger partial charge in [-0.05, 0) is 30.7 Å². The number of likely N-dealkylation sites (tertiary alicyclic amines) is 1. The van der Waals surface area contributed by atoms with E-state index in [4.69, 9.17) is 14.5 Å². The van der Waals surface area contributed by atoms with E-state index in [2.05, 4.69) is 20.5 Å². The van der Waals surface area contributed by atoms with Crippen LogP contribution >= 0.6 is 23.1 Å². The van der Waals surface area contributed by atoms with Crippen LogP contribution in [-0.4, -0.2) is 122 Å². The maximum absolute atomic E-state index is 13.7. The summed E-state index contributed by atoms with van der Waals surface area (Å²) in [4.78, 5) is 50.8. The lowest BCUT2D eigenvalue weighted by atomic mass is 10.0. The number of methoxy groups -OCH3 is 1. The number of hydrogen-bond donors (Lipinski definition) is 1. The van der Waals surface area contributed by atoms with Crippen LogP contribution in [0.15, 0.2) is 29.6 Å². The van der Waals surface area contributed by atoms with Gasteiger partial charge in [0.25, 0.3) is 5.91 Å². The Morgan fingerprint density at radius 2 is 1.93 bits per heavy atom. The van der Waals surface area contributed by atoms with Crippen LogP contribution in [0.3, 0.4) is 0 Å². The minimum atomic E-state index is -0.720. The topological polar surface area (TPSA) is 104 Å². The first-order valence-corrected chi connectivity index (χ1v) is 16.8. The summed E-state index contributed by atoms with van der Waals surface area (Å²) < 4.78 is 10.9. The molecule has 1 aromatic heterocycles. The van der Waals surface area contributed by atoms with Crippen molar-refractivity contribution in [3.63, 3.8) is 0 Å². The summed E-state index contributed by atoms with van der Waals surface area (Å²) in [6, 6.07) is 6.07. The number of rotatable bonds is 11. The quantitative estimate of drug-likeness (QED) is 0.409. The fourth-order valence-electron chi connectivity index (χ4n) is 5.90. The van der Waals surface area contributed by atoms with Crippen molar-refractivity contribution < 1.29 is 23.9 Å². The highest BCUT2D eigenvalue weighted by Gasteiger charge is 2.52. The monoisotopic (exact) mass is 615 g/mol. The minimum Gasteiger partial charge on any atom is -0.383 e. The van der Waals surface area contributed by atoms with E-state index in [1.807, 2.05) is 32.2 Å². The second-order valence-electron chi connectivity index (χ2n) is 11.5. The molecule has 4 heterocycles. The number of carbonyl (C=O) groups is 3. The molecule has 2 aromatic rings. The van der Waals surface area contributed by atoms with Gasteiger partial charge in [-0.2, -0.15) is 11.8 Å². The second kappa shape index (κ2) is 13.9. The van der Waals surface area contributed by atoms with Crippen molar-refractivity contribution >= 4 is 45.8 Å². The number of anilines is 1. The van der Waals surface area contributed by atoms with Crippen molar-refractivity contribution in [2.24, 2.45) is 5.92 Å². The van der Waals surface area contributed by atoms with Crippen molar-refractivity contribution in [2.45, 2.75) is 43.7 Å². The maximum atomic E-state index is 13.7. The molecule has 5 rings (SSSR count). The van der Waals surface area contributed by atoms with Crippen molar-refractivity contribution in [3.8, 4) is 11.3 Å². The number of benzene rings is 1. The van der Waals surface area contributed by atoms with E-state index < -0.39 is 12.1 Å². The van der Waals surface area contributed by atoms with Crippen LogP contribution in [0.25, 0.3) is 11.3 Å². The average Bonchev–Trinajstić information content (AvgIpc) is 3.73. The molecule has 0 saturated carbocycles. The van der Waals surface area contributed by atoms with Crippen molar-refractivity contribution in [3.05, 3.63) is 35.2 Å². The van der Waals surface area contributed by atoms with Crippen molar-refractivity contribution in [1.29, 1.82) is 0 Å². The van der Waals surface area contributed by atoms with Crippen molar-refractivity contribution in [2.75, 3.05) is 70.7 Å². The van der Waals surface area contributed by atoms with Crippen LogP contribution in [0, 0.1) is 5.92 Å². The van der Waals surface area contributed by atoms with Crippen LogP contribution in [-0.2, 0) is 19.1 Å². The zero-order valence-corrected chi connectivity index (χ0v) is 26.4. The number of hydrogen-bond acceptors (Lipinski definition) is 10. The van der Waals surface area contributed by atoms with Crippen LogP contribution in [0.1, 0.15) is 30.6 Å². The van der Waals surface area contributed by atoms with Gasteiger partial charge in [0.05, 0.1) is 23.7 Å². The number of ether oxygens (including phenoxy) is 2. The molecule has 3 fully saturated rings. The Morgan fingerprint density at radius 3 is 2.60 bits per heavy atom. The third-order valence-electron chi connectivity index (χ3n) is 8.22. The van der Waals surface area contributed by atoms with Gasteiger partial charge < -0.3 is 24.6 Å². The highest BCUT2D eigenvalue weighted by atomic mass is 32.2. The molecule has 0 radical (unpaired) electrons. The lowest BCUT2D eigenvalue weighted by Crippen LogP contribution is -2.52. The number of ketones is 1. The predicted molar refractivity (Wildman–Crippen MR) is 166 cm³/mol. The average molecular weight is 616 g/mol. The van der Waals surface area contributed by atoms with Crippen LogP contribution in [0.4, 0.5) is 5.13 Å². The maximum Gasteiger partial charge on any atom is 0.251 e. The van der Waals surface area contributed by atoms with Crippen LogP contribution in [0.5, 0.6) is 0 Å². The molecule has 1 N–H and O–H groups in total. The molecule has 2 amide bonds. The molecule has 3 saturated heterocycles. The first kappa shape index (κ1) is 30.9. The number of nitrogens with one attached hydrogen (secondary N) is 1. The van der Waals surface area contributed by atoms with Gasteiger partial charge in [0.2, 0.25) is 5.91 Å². The fraction of sp³-hybridized carbons (Fsp3) is 0.600. The number of aromatic nitrogens is 1. The molecule has 1 aromatic carbocycles. The van der Waals surface area contributed by atoms with Gasteiger partial charge >= 0.3 is 0 Å². The van der Waals surface area contributed by atoms with E-state index in [9.17, 15) is 14.4 Å². The summed E-state index contributed by atoms with van der Waals surface area (Å²) in [7, 11) is 1.73. The largest absolute Gasteiger partial charge is 0.383 e. The Bertz CT molecular complexity index is 1250. The zero-order chi connectivity index (χ0) is 29.8. The Hall–Kier alpha value is -2.51. The molecule has 10 nitrogen and oxygen atoms in total. The summed E-state index contributed by atoms with van der Waals surface area (Å²) >= 11 is 3.24. The van der Waals surface area contributed by atoms with Gasteiger partial charge in [-0.25, -0.2) is 4.98 Å². The van der Waals surface area contributed by atoms with Crippen LogP contribution in [0.2, 0.25) is 0 Å². The van der Waals surface area contributed by atoms with E-state index in [1.54, 1.807) is 47.2 Å². The smallest absolute Gasteiger partial charge is 0.251 e. The lowest BCUT2D eigenvalue weighted by molar-refractivity contribution is -0.138. The van der Waals surface area contributed by atoms with E-state index >= 15 is 0 Å². The third kappa shape index (κ3) is 6.83. The summed E-state index contributed by atoms with van der Waals surface area (Å²) in [6.45, 7) is 10.1. The number of thioether (sulfide) groups is 1. The lowest BCUT2D eigenvalue weighted by Gasteiger charge is -2.34. The second-order valence-corrected chi connectivity index (χ2v) is 13.4. The molecular weight excluding hydrogens is 574 g/mol. The van der Waals surface area contributed by atoms with Gasteiger partial charge in [0.15, 0.2) is 10.9 Å². The van der Waals surface area contributed by atoms with E-state index in [-0.39, 0.29) is 41.5 Å². The Morgan fingerprint density at radius 1 is 1.19 bits per heavy atom. The fourth-order valence-corrected chi connectivity index (χ4v) is 7.59. The normalized spacial score (nSPS) is 23.5. The number of nitrogens with zero attached hydrogens (tertiary/aromatic N) is 4. The number of fused-ring (bicyclic) bond motifs is 1. The van der Waals surface area contributed by atoms with Gasteiger partial charge in [-0.15, -0.1) is 11.3 Å². The predicted octanol–water partition coefficient (Wildman–Crippen LogP) is 2.63. The number of piperazine rings is 1. The molecular formula is C30H41N5O5S2. The summed E-state index contributed by atoms with van der Waals surface area (Å²) in [6.07, 6.45) is 2.17. The number of amides is 2. The van der Waals surface area contributed by atoms with E-state index in [1.165, 1.54) is 0 Å². The highest BCUT2D eigenvalue weighted by Crippen LogP contribution is 2.34. The minimum absolute atomic E-state index is 0.0374. The molecule has 1 unspecified atom stereocenters. The first-order valence-electron chi connectivity index (χ1n) is 14.6. The molecule has 3 aliphatic heterocycles. The Labute approximate surface area is 256 Å². The number of thiazole rings is 1. The van der Waals surface area contributed by atoms with Crippen LogP contribution < -0.4 is 10.2 Å². The zero-order valence-electron chi connectivity index (χ0n) is 24.8. The summed E-state index contributed by atoms with van der Waals surface area (Å²) in [5, 5.41) is 6.08. The SMILES string of the molecule is COCCN1CCN(c2nc(-c3ccc(C(=O)NC(CC(C)C)C(=O)N4C[C@H](SC)[C@H]5OCC(=O)[C@H]54)cc3)cs2)CC1. The van der Waals surface area contributed by atoms with Gasteiger partial charge in [-0.1, -0.05) is 26.0 Å². The molecule has 42 heavy (non-hydrogen) atoms. The van der Waals surface area contributed by atoms with E-state index in [0.29, 0.717) is 18.5 Å². The molecule has 4 atom stereocenters. The standard InChI is InChI=1S/C30H41N5O5S2/c1-19(2)15-22(29(38)35-16-25(41-4)27-26(35)24(36)17-40-27)31-28(37)21-7-5-20(6-8-21)23-18-42-30(32-23)34-11-9-33(10-12-34)13-14-39-3/h5-8,18-19,22,25-27H,9-17H2,1-4H3,(H,31,37)/t22?,25-,26+,27+/m0/s1. The molecule has 228 valence electrons. The molecule has 12 heteroatoms. The van der Waals surface area contributed by atoms with Gasteiger partial charge in [-0.3, -0.25) is 19.3 Å².